The van der Waals surface area contributed by atoms with Gasteiger partial charge in [-0.25, -0.2) is 0 Å². The van der Waals surface area contributed by atoms with E-state index in [1.165, 1.54) is 0 Å². The summed E-state index contributed by atoms with van der Waals surface area (Å²) in [5, 5.41) is 5.72. The Morgan fingerprint density at radius 2 is 1.93 bits per heavy atom. The zero-order chi connectivity index (χ0) is 20.9. The van der Waals surface area contributed by atoms with E-state index in [-0.39, 0.29) is 24.4 Å². The van der Waals surface area contributed by atoms with Crippen LogP contribution in [0, 0.1) is 6.92 Å². The van der Waals surface area contributed by atoms with Gasteiger partial charge in [0.25, 0.3) is 5.91 Å². The van der Waals surface area contributed by atoms with Crippen LogP contribution in [0.15, 0.2) is 42.9 Å². The average Bonchev–Trinajstić information content (AvgIpc) is 2.75. The van der Waals surface area contributed by atoms with Crippen molar-refractivity contribution in [2.24, 2.45) is 0 Å². The van der Waals surface area contributed by atoms with Crippen LogP contribution in [0.2, 0.25) is 0 Å². The van der Waals surface area contributed by atoms with E-state index >= 15 is 0 Å². The zero-order valence-electron chi connectivity index (χ0n) is 17.4. The van der Waals surface area contributed by atoms with E-state index < -0.39 is 0 Å². The molecule has 158 valence electrons. The van der Waals surface area contributed by atoms with E-state index in [0.717, 1.165) is 50.0 Å². The standard InChI is InChI=1S/C23H29N5O2/c1-16-3-2-4-18(11-16)23(30)26-13-22(29)27-19-14-28(15-19)20-7-5-17(6-8-20)21-12-24-9-10-25-21/h2-4,9-12,17,19-20H,5-8,13-15H2,1H3,(H,26,30)(H,27,29). The predicted molar refractivity (Wildman–Crippen MR) is 114 cm³/mol. The minimum Gasteiger partial charge on any atom is -0.349 e. The molecule has 7 nitrogen and oxygen atoms in total. The molecule has 0 bridgehead atoms. The largest absolute Gasteiger partial charge is 0.349 e. The Labute approximate surface area is 177 Å². The van der Waals surface area contributed by atoms with Crippen molar-refractivity contribution in [2.75, 3.05) is 19.6 Å². The van der Waals surface area contributed by atoms with Crippen LogP contribution in [-0.2, 0) is 4.79 Å². The van der Waals surface area contributed by atoms with Crippen LogP contribution in [-0.4, -0.2) is 58.4 Å². The fourth-order valence-electron chi connectivity index (χ4n) is 4.49. The number of aryl methyl sites for hydroxylation is 1. The lowest BCUT2D eigenvalue weighted by Crippen LogP contribution is -2.63. The van der Waals surface area contributed by atoms with E-state index in [4.69, 9.17) is 0 Å². The van der Waals surface area contributed by atoms with Gasteiger partial charge >= 0.3 is 0 Å². The lowest BCUT2D eigenvalue weighted by atomic mass is 9.82. The van der Waals surface area contributed by atoms with E-state index in [1.807, 2.05) is 31.3 Å². The number of nitrogens with one attached hydrogen (secondary N) is 2. The summed E-state index contributed by atoms with van der Waals surface area (Å²) in [7, 11) is 0. The second-order valence-electron chi connectivity index (χ2n) is 8.41. The number of rotatable bonds is 6. The van der Waals surface area contributed by atoms with Crippen LogP contribution in [0.5, 0.6) is 0 Å². The number of hydrogen-bond acceptors (Lipinski definition) is 5. The molecule has 0 radical (unpaired) electrons. The Morgan fingerprint density at radius 3 is 2.63 bits per heavy atom. The van der Waals surface area contributed by atoms with Crippen LogP contribution in [0.3, 0.4) is 0 Å². The van der Waals surface area contributed by atoms with Gasteiger partial charge in [-0.1, -0.05) is 17.7 Å². The van der Waals surface area contributed by atoms with E-state index in [1.54, 1.807) is 18.5 Å². The van der Waals surface area contributed by atoms with Crippen LogP contribution < -0.4 is 10.6 Å². The number of carbonyl (C=O) groups is 2. The Hall–Kier alpha value is -2.80. The molecule has 1 aliphatic heterocycles. The van der Waals surface area contributed by atoms with Gasteiger partial charge in [0.1, 0.15) is 0 Å². The third kappa shape index (κ3) is 5.02. The molecule has 0 unspecified atom stereocenters. The molecule has 4 rings (SSSR count). The normalized spacial score (nSPS) is 22.2. The van der Waals surface area contributed by atoms with Crippen molar-refractivity contribution >= 4 is 11.8 Å². The van der Waals surface area contributed by atoms with Gasteiger partial charge in [-0.2, -0.15) is 0 Å². The number of likely N-dealkylation sites (tertiary alicyclic amines) is 1. The Morgan fingerprint density at radius 1 is 1.13 bits per heavy atom. The molecule has 2 heterocycles. The molecule has 2 amide bonds. The van der Waals surface area contributed by atoms with Gasteiger partial charge in [-0.15, -0.1) is 0 Å². The summed E-state index contributed by atoms with van der Waals surface area (Å²) in [6.45, 7) is 3.72. The van der Waals surface area contributed by atoms with Crippen LogP contribution >= 0.6 is 0 Å². The summed E-state index contributed by atoms with van der Waals surface area (Å²) in [5.41, 5.74) is 2.71. The van der Waals surface area contributed by atoms with Crippen LogP contribution in [0.1, 0.15) is 53.2 Å². The van der Waals surface area contributed by atoms with Crippen molar-refractivity contribution < 1.29 is 9.59 Å². The fraction of sp³-hybridized carbons (Fsp3) is 0.478. The number of benzene rings is 1. The molecule has 1 aliphatic carbocycles. The monoisotopic (exact) mass is 407 g/mol. The first-order valence-corrected chi connectivity index (χ1v) is 10.7. The molecule has 7 heteroatoms. The van der Waals surface area contributed by atoms with Crippen molar-refractivity contribution in [3.05, 3.63) is 59.7 Å². The highest BCUT2D eigenvalue weighted by molar-refractivity contribution is 5.96. The molecule has 0 spiro atoms. The van der Waals surface area contributed by atoms with Crippen molar-refractivity contribution in [3.63, 3.8) is 0 Å². The summed E-state index contributed by atoms with van der Waals surface area (Å²) in [6.07, 6.45) is 9.98. The predicted octanol–water partition coefficient (Wildman–Crippen LogP) is 2.04. The Bertz CT molecular complexity index is 874. The van der Waals surface area contributed by atoms with Crippen molar-refractivity contribution in [3.8, 4) is 0 Å². The molecule has 2 aliphatic rings. The first-order valence-electron chi connectivity index (χ1n) is 10.7. The second-order valence-corrected chi connectivity index (χ2v) is 8.41. The average molecular weight is 408 g/mol. The first kappa shape index (κ1) is 20.5. The molecule has 2 fully saturated rings. The lowest BCUT2D eigenvalue weighted by molar-refractivity contribution is -0.122. The Kier molecular flexibility index (Phi) is 6.38. The first-order chi connectivity index (χ1) is 14.6. The molecule has 30 heavy (non-hydrogen) atoms. The van der Waals surface area contributed by atoms with Gasteiger partial charge in [-0.05, 0) is 44.7 Å². The maximum absolute atomic E-state index is 12.2. The summed E-state index contributed by atoms with van der Waals surface area (Å²) in [4.78, 5) is 35.4. The third-order valence-corrected chi connectivity index (χ3v) is 6.18. The topological polar surface area (TPSA) is 87.2 Å². The molecule has 1 saturated carbocycles. The van der Waals surface area contributed by atoms with Gasteiger partial charge in [0.15, 0.2) is 0 Å². The zero-order valence-corrected chi connectivity index (χ0v) is 17.4. The molecule has 1 aromatic heterocycles. The maximum Gasteiger partial charge on any atom is 0.251 e. The van der Waals surface area contributed by atoms with E-state index in [2.05, 4.69) is 25.5 Å². The van der Waals surface area contributed by atoms with Gasteiger partial charge in [0.05, 0.1) is 18.3 Å². The summed E-state index contributed by atoms with van der Waals surface area (Å²) < 4.78 is 0. The summed E-state index contributed by atoms with van der Waals surface area (Å²) in [6, 6.07) is 8.11. The highest BCUT2D eigenvalue weighted by Gasteiger charge is 2.35. The SMILES string of the molecule is Cc1cccc(C(=O)NCC(=O)NC2CN(C3CCC(c4cnccn4)CC3)C2)c1. The molecule has 1 saturated heterocycles. The van der Waals surface area contributed by atoms with Gasteiger partial charge in [-0.3, -0.25) is 24.5 Å². The van der Waals surface area contributed by atoms with Crippen molar-refractivity contribution in [2.45, 2.75) is 50.6 Å². The molecular weight excluding hydrogens is 378 g/mol. The number of nitrogens with zero attached hydrogens (tertiary/aromatic N) is 3. The van der Waals surface area contributed by atoms with E-state index in [9.17, 15) is 9.59 Å². The quantitative estimate of drug-likeness (QED) is 0.765. The highest BCUT2D eigenvalue weighted by atomic mass is 16.2. The van der Waals surface area contributed by atoms with Crippen molar-refractivity contribution in [1.82, 2.24) is 25.5 Å². The molecule has 0 atom stereocenters. The summed E-state index contributed by atoms with van der Waals surface area (Å²) >= 11 is 0. The number of amides is 2. The molecule has 2 N–H and O–H groups in total. The van der Waals surface area contributed by atoms with Gasteiger partial charge in [0, 0.05) is 49.2 Å². The number of aromatic nitrogens is 2. The minimum absolute atomic E-state index is 0.00644. The molecule has 1 aromatic carbocycles. The lowest BCUT2D eigenvalue weighted by Gasteiger charge is -2.46. The summed E-state index contributed by atoms with van der Waals surface area (Å²) in [5.74, 6) is 0.166. The maximum atomic E-state index is 12.2. The van der Waals surface area contributed by atoms with Crippen LogP contribution in [0.25, 0.3) is 0 Å². The Balaban J connectivity index is 1.14. The number of carbonyl (C=O) groups excluding carboxylic acids is 2. The molecule has 2 aromatic rings. The number of hydrogen-bond donors (Lipinski definition) is 2. The van der Waals surface area contributed by atoms with Crippen LogP contribution in [0.4, 0.5) is 0 Å². The van der Waals surface area contributed by atoms with Crippen molar-refractivity contribution in [1.29, 1.82) is 0 Å². The third-order valence-electron chi connectivity index (χ3n) is 6.18. The van der Waals surface area contributed by atoms with E-state index in [0.29, 0.717) is 17.5 Å². The highest BCUT2D eigenvalue weighted by Crippen LogP contribution is 2.34. The minimum atomic E-state index is -0.219. The molecular formula is C23H29N5O2. The van der Waals surface area contributed by atoms with Gasteiger partial charge in [0.2, 0.25) is 5.91 Å². The smallest absolute Gasteiger partial charge is 0.251 e. The fourth-order valence-corrected chi connectivity index (χ4v) is 4.49. The second kappa shape index (κ2) is 9.34. The van der Waals surface area contributed by atoms with Gasteiger partial charge < -0.3 is 10.6 Å².